The maximum absolute atomic E-state index is 5.98. The Bertz CT molecular complexity index is 943. The Morgan fingerprint density at radius 1 is 0.962 bits per heavy atom. The lowest BCUT2D eigenvalue weighted by Crippen LogP contribution is -2.22. The van der Waals surface area contributed by atoms with Gasteiger partial charge in [-0.2, -0.15) is 0 Å². The van der Waals surface area contributed by atoms with Gasteiger partial charge in [0.05, 0.1) is 0 Å². The molecule has 0 saturated heterocycles. The number of benzene rings is 2. The average molecular weight is 344 g/mol. The highest BCUT2D eigenvalue weighted by Gasteiger charge is 2.21. The Balaban J connectivity index is 1.59. The van der Waals surface area contributed by atoms with Gasteiger partial charge >= 0.3 is 0 Å². The van der Waals surface area contributed by atoms with Crippen molar-refractivity contribution in [2.45, 2.75) is 19.5 Å². The third kappa shape index (κ3) is 3.58. The van der Waals surface area contributed by atoms with Crippen molar-refractivity contribution in [1.82, 2.24) is 20.5 Å². The van der Waals surface area contributed by atoms with Gasteiger partial charge in [-0.25, -0.2) is 0 Å². The number of hydrogen-bond acceptors (Lipinski definition) is 4. The maximum atomic E-state index is 5.98. The van der Waals surface area contributed by atoms with E-state index in [1.54, 1.807) is 0 Å². The third-order valence-electron chi connectivity index (χ3n) is 4.27. The fourth-order valence-corrected chi connectivity index (χ4v) is 2.83. The van der Waals surface area contributed by atoms with E-state index >= 15 is 0 Å². The molecule has 0 aliphatic rings. The summed E-state index contributed by atoms with van der Waals surface area (Å²) in [6.07, 6.45) is 1.89. The zero-order valence-electron chi connectivity index (χ0n) is 14.5. The molecule has 1 unspecified atom stereocenters. The molecule has 1 atom stereocenters. The van der Waals surface area contributed by atoms with Gasteiger partial charge in [0.15, 0.2) is 0 Å². The minimum Gasteiger partial charge on any atom is -0.419 e. The number of aryl methyl sites for hydroxylation is 1. The van der Waals surface area contributed by atoms with Gasteiger partial charge in [-0.05, 0) is 36.8 Å². The molecule has 5 nitrogen and oxygen atoms in total. The normalized spacial score (nSPS) is 12.2. The van der Waals surface area contributed by atoms with Crippen molar-refractivity contribution < 1.29 is 4.42 Å². The van der Waals surface area contributed by atoms with E-state index in [4.69, 9.17) is 4.42 Å². The number of hydrogen-bond donors (Lipinski definition) is 2. The monoisotopic (exact) mass is 344 g/mol. The number of nitrogens with one attached hydrogen (secondary N) is 2. The van der Waals surface area contributed by atoms with Gasteiger partial charge in [-0.3, -0.25) is 5.32 Å². The lowest BCUT2D eigenvalue weighted by molar-refractivity contribution is 0.434. The van der Waals surface area contributed by atoms with Crippen LogP contribution in [0.4, 0.5) is 0 Å². The molecule has 0 saturated carbocycles. The second kappa shape index (κ2) is 7.37. The molecule has 130 valence electrons. The molecule has 2 aromatic heterocycles. The lowest BCUT2D eigenvalue weighted by atomic mass is 10.1. The maximum Gasteiger partial charge on any atom is 0.247 e. The number of aromatic nitrogens is 3. The predicted octanol–water partition coefficient (Wildman–Crippen LogP) is 4.25. The van der Waals surface area contributed by atoms with Crippen molar-refractivity contribution in [2.75, 3.05) is 0 Å². The summed E-state index contributed by atoms with van der Waals surface area (Å²) in [6.45, 7) is 2.75. The Morgan fingerprint density at radius 3 is 2.50 bits per heavy atom. The van der Waals surface area contributed by atoms with Crippen LogP contribution in [-0.2, 0) is 6.54 Å². The molecule has 0 amide bonds. The van der Waals surface area contributed by atoms with E-state index < -0.39 is 0 Å². The SMILES string of the molecule is Cc1ccc(-c2nnc(C(NCc3ccccc3)c3ccc[nH]3)o2)cc1. The van der Waals surface area contributed by atoms with Gasteiger partial charge in [0.2, 0.25) is 11.8 Å². The molecule has 4 rings (SSSR count). The Morgan fingerprint density at radius 2 is 1.77 bits per heavy atom. The second-order valence-corrected chi connectivity index (χ2v) is 6.24. The van der Waals surface area contributed by atoms with E-state index in [2.05, 4.69) is 39.6 Å². The second-order valence-electron chi connectivity index (χ2n) is 6.24. The van der Waals surface area contributed by atoms with Crippen LogP contribution in [0.25, 0.3) is 11.5 Å². The molecular weight excluding hydrogens is 324 g/mol. The zero-order valence-corrected chi connectivity index (χ0v) is 14.5. The van der Waals surface area contributed by atoms with Crippen molar-refractivity contribution in [1.29, 1.82) is 0 Å². The van der Waals surface area contributed by atoms with E-state index in [9.17, 15) is 0 Å². The predicted molar refractivity (Wildman–Crippen MR) is 100 cm³/mol. The van der Waals surface area contributed by atoms with Crippen LogP contribution in [0.1, 0.15) is 28.8 Å². The molecule has 26 heavy (non-hydrogen) atoms. The molecule has 2 aromatic carbocycles. The largest absolute Gasteiger partial charge is 0.419 e. The molecule has 2 heterocycles. The average Bonchev–Trinajstić information content (AvgIpc) is 3.36. The fraction of sp³-hybridized carbons (Fsp3) is 0.143. The van der Waals surface area contributed by atoms with Crippen LogP contribution in [-0.4, -0.2) is 15.2 Å². The number of nitrogens with zero attached hydrogens (tertiary/aromatic N) is 2. The van der Waals surface area contributed by atoms with E-state index in [0.29, 0.717) is 18.3 Å². The van der Waals surface area contributed by atoms with Crippen LogP contribution in [0.15, 0.2) is 77.3 Å². The van der Waals surface area contributed by atoms with Gasteiger partial charge in [-0.15, -0.1) is 10.2 Å². The number of H-pyrrole nitrogens is 1. The van der Waals surface area contributed by atoms with E-state index in [0.717, 1.165) is 11.3 Å². The zero-order chi connectivity index (χ0) is 17.8. The molecule has 4 aromatic rings. The van der Waals surface area contributed by atoms with Crippen LogP contribution in [0.3, 0.4) is 0 Å². The van der Waals surface area contributed by atoms with Crippen LogP contribution in [0.2, 0.25) is 0 Å². The summed E-state index contributed by atoms with van der Waals surface area (Å²) in [4.78, 5) is 3.24. The first-order chi connectivity index (χ1) is 12.8. The molecule has 2 N–H and O–H groups in total. The van der Waals surface area contributed by atoms with Crippen molar-refractivity contribution in [3.8, 4) is 11.5 Å². The van der Waals surface area contributed by atoms with Gasteiger partial charge in [0.25, 0.3) is 0 Å². The third-order valence-corrected chi connectivity index (χ3v) is 4.27. The van der Waals surface area contributed by atoms with Crippen molar-refractivity contribution >= 4 is 0 Å². The highest BCUT2D eigenvalue weighted by molar-refractivity contribution is 5.52. The molecule has 5 heteroatoms. The first-order valence-electron chi connectivity index (χ1n) is 8.60. The van der Waals surface area contributed by atoms with Gasteiger partial charge in [0.1, 0.15) is 6.04 Å². The summed E-state index contributed by atoms with van der Waals surface area (Å²) >= 11 is 0. The molecular formula is C21H20N4O. The lowest BCUT2D eigenvalue weighted by Gasteiger charge is -2.14. The van der Waals surface area contributed by atoms with Crippen LogP contribution in [0, 0.1) is 6.92 Å². The summed E-state index contributed by atoms with van der Waals surface area (Å²) in [5.41, 5.74) is 4.30. The van der Waals surface area contributed by atoms with Crippen molar-refractivity contribution in [3.63, 3.8) is 0 Å². The van der Waals surface area contributed by atoms with Crippen molar-refractivity contribution in [2.24, 2.45) is 0 Å². The van der Waals surface area contributed by atoms with E-state index in [1.807, 2.05) is 60.8 Å². The first kappa shape index (κ1) is 16.3. The fourth-order valence-electron chi connectivity index (χ4n) is 2.83. The Labute approximate surface area is 152 Å². The summed E-state index contributed by atoms with van der Waals surface area (Å²) in [6, 6.07) is 22.1. The summed E-state index contributed by atoms with van der Waals surface area (Å²) < 4.78 is 5.98. The van der Waals surface area contributed by atoms with Gasteiger partial charge < -0.3 is 9.40 Å². The van der Waals surface area contributed by atoms with Crippen LogP contribution in [0.5, 0.6) is 0 Å². The topological polar surface area (TPSA) is 66.7 Å². The quantitative estimate of drug-likeness (QED) is 0.549. The first-order valence-corrected chi connectivity index (χ1v) is 8.60. The molecule has 0 bridgehead atoms. The summed E-state index contributed by atoms with van der Waals surface area (Å²) in [7, 11) is 0. The van der Waals surface area contributed by atoms with Gasteiger partial charge in [-0.1, -0.05) is 48.0 Å². The standard InChI is InChI=1S/C21H20N4O/c1-15-9-11-17(12-10-15)20-24-25-21(26-20)19(18-8-5-13-22-18)23-14-16-6-3-2-4-7-16/h2-13,19,22-23H,14H2,1H3. The smallest absolute Gasteiger partial charge is 0.247 e. The van der Waals surface area contributed by atoms with E-state index in [-0.39, 0.29) is 6.04 Å². The van der Waals surface area contributed by atoms with E-state index in [1.165, 1.54) is 11.1 Å². The highest BCUT2D eigenvalue weighted by Crippen LogP contribution is 2.24. The van der Waals surface area contributed by atoms with Crippen LogP contribution >= 0.6 is 0 Å². The van der Waals surface area contributed by atoms with Gasteiger partial charge in [0, 0.05) is 24.0 Å². The van der Waals surface area contributed by atoms with Crippen LogP contribution < -0.4 is 5.32 Å². The Kier molecular flexibility index (Phi) is 4.62. The molecule has 0 spiro atoms. The highest BCUT2D eigenvalue weighted by atomic mass is 16.4. The molecule has 0 fully saturated rings. The summed E-state index contributed by atoms with van der Waals surface area (Å²) in [5.74, 6) is 1.07. The summed E-state index contributed by atoms with van der Waals surface area (Å²) in [5, 5.41) is 12.0. The minimum absolute atomic E-state index is 0.197. The number of aromatic amines is 1. The molecule has 0 radical (unpaired) electrons. The Hall–Kier alpha value is -3.18. The molecule has 0 aliphatic carbocycles. The minimum atomic E-state index is -0.197. The van der Waals surface area contributed by atoms with Crippen molar-refractivity contribution in [3.05, 3.63) is 95.6 Å². The molecule has 0 aliphatic heterocycles. The number of rotatable bonds is 6.